The van der Waals surface area contributed by atoms with Crippen molar-refractivity contribution in [1.82, 2.24) is 19.6 Å². The van der Waals surface area contributed by atoms with Crippen molar-refractivity contribution < 1.29 is 19.4 Å². The molecule has 8 nitrogen and oxygen atoms in total. The lowest BCUT2D eigenvalue weighted by Gasteiger charge is -2.34. The quantitative estimate of drug-likeness (QED) is 0.660. The molecule has 3 saturated heterocycles. The maximum atomic E-state index is 12.1. The molecule has 0 aromatic carbocycles. The first-order valence-electron chi connectivity index (χ1n) is 10.3. The maximum Gasteiger partial charge on any atom is 0.410 e. The molecule has 0 aromatic heterocycles. The number of hydrogen-bond acceptors (Lipinski definition) is 6. The van der Waals surface area contributed by atoms with Gasteiger partial charge in [0.15, 0.2) is 0 Å². The molecule has 0 radical (unpaired) electrons. The van der Waals surface area contributed by atoms with E-state index < -0.39 is 5.97 Å². The van der Waals surface area contributed by atoms with E-state index in [9.17, 15) is 9.59 Å². The summed E-state index contributed by atoms with van der Waals surface area (Å²) < 4.78 is 5.56. The molecule has 3 rings (SSSR count). The van der Waals surface area contributed by atoms with Crippen LogP contribution in [0.4, 0.5) is 4.79 Å². The van der Waals surface area contributed by atoms with Gasteiger partial charge in [-0.2, -0.15) is 0 Å². The lowest BCUT2D eigenvalue weighted by molar-refractivity contribution is -0.138. The first-order valence-corrected chi connectivity index (χ1v) is 10.3. The molecule has 0 aliphatic carbocycles. The summed E-state index contributed by atoms with van der Waals surface area (Å²) in [6.07, 6.45) is 4.58. The fraction of sp³-hybridized carbons (Fsp3) is 0.895. The van der Waals surface area contributed by atoms with Crippen molar-refractivity contribution in [3.63, 3.8) is 0 Å². The molecule has 1 atom stereocenters. The van der Waals surface area contributed by atoms with Gasteiger partial charge in [-0.25, -0.2) is 4.79 Å². The van der Waals surface area contributed by atoms with E-state index in [0.717, 1.165) is 51.6 Å². The average molecular weight is 383 g/mol. The van der Waals surface area contributed by atoms with Gasteiger partial charge in [0.2, 0.25) is 0 Å². The molecule has 154 valence electrons. The SMILES string of the molecule is CN1CCC(CCCN2CC(CN3CCN(CC(=O)O)CC3)OC2=O)CC1. The minimum atomic E-state index is -0.774. The molecule has 8 heteroatoms. The maximum absolute atomic E-state index is 12.1. The molecule has 1 N–H and O–H groups in total. The topological polar surface area (TPSA) is 76.6 Å². The van der Waals surface area contributed by atoms with Crippen LogP contribution in [-0.4, -0.2) is 115 Å². The normalized spacial score (nSPS) is 26.5. The van der Waals surface area contributed by atoms with Crippen molar-refractivity contribution >= 4 is 12.1 Å². The summed E-state index contributed by atoms with van der Waals surface area (Å²) in [5.41, 5.74) is 0. The fourth-order valence-corrected chi connectivity index (χ4v) is 4.38. The Balaban J connectivity index is 1.31. The van der Waals surface area contributed by atoms with Crippen LogP contribution in [0.15, 0.2) is 0 Å². The molecule has 3 heterocycles. The summed E-state index contributed by atoms with van der Waals surface area (Å²) in [5.74, 6) is 0.0294. The third-order valence-electron chi connectivity index (χ3n) is 6.11. The number of carbonyl (C=O) groups is 2. The van der Waals surface area contributed by atoms with Gasteiger partial charge in [-0.15, -0.1) is 0 Å². The summed E-state index contributed by atoms with van der Waals surface area (Å²) in [6, 6.07) is 0. The summed E-state index contributed by atoms with van der Waals surface area (Å²) in [5, 5.41) is 8.87. The highest BCUT2D eigenvalue weighted by Gasteiger charge is 2.33. The van der Waals surface area contributed by atoms with Crippen LogP contribution in [0.1, 0.15) is 25.7 Å². The van der Waals surface area contributed by atoms with Gasteiger partial charge in [0.25, 0.3) is 0 Å². The van der Waals surface area contributed by atoms with E-state index in [0.29, 0.717) is 6.54 Å². The van der Waals surface area contributed by atoms with Gasteiger partial charge in [0.05, 0.1) is 13.1 Å². The lowest BCUT2D eigenvalue weighted by Crippen LogP contribution is -2.50. The zero-order valence-corrected chi connectivity index (χ0v) is 16.5. The number of ether oxygens (including phenoxy) is 1. The highest BCUT2D eigenvalue weighted by atomic mass is 16.6. The van der Waals surface area contributed by atoms with E-state index >= 15 is 0 Å². The van der Waals surface area contributed by atoms with E-state index in [4.69, 9.17) is 9.84 Å². The Morgan fingerprint density at radius 2 is 1.78 bits per heavy atom. The number of hydrogen-bond donors (Lipinski definition) is 1. The number of rotatable bonds is 8. The van der Waals surface area contributed by atoms with Gasteiger partial charge in [0, 0.05) is 39.3 Å². The van der Waals surface area contributed by atoms with Gasteiger partial charge in [-0.3, -0.25) is 14.6 Å². The molecule has 0 spiro atoms. The molecular weight excluding hydrogens is 348 g/mol. The minimum Gasteiger partial charge on any atom is -0.480 e. The molecule has 3 aliphatic heterocycles. The number of carboxylic acids is 1. The summed E-state index contributed by atoms with van der Waals surface area (Å²) in [6.45, 7) is 7.90. The highest BCUT2D eigenvalue weighted by Crippen LogP contribution is 2.22. The summed E-state index contributed by atoms with van der Waals surface area (Å²) in [4.78, 5) is 31.4. The van der Waals surface area contributed by atoms with E-state index in [1.165, 1.54) is 32.4 Å². The first kappa shape index (κ1) is 20.4. The molecule has 0 bridgehead atoms. The Morgan fingerprint density at radius 1 is 1.11 bits per heavy atom. The second-order valence-electron chi connectivity index (χ2n) is 8.31. The van der Waals surface area contributed by atoms with Gasteiger partial charge in [-0.1, -0.05) is 0 Å². The Bertz CT molecular complexity index is 502. The Kier molecular flexibility index (Phi) is 7.32. The predicted octanol–water partition coefficient (Wildman–Crippen LogP) is 0.631. The molecule has 3 aliphatic rings. The number of aliphatic carboxylic acids is 1. The lowest BCUT2D eigenvalue weighted by atomic mass is 9.92. The van der Waals surface area contributed by atoms with Gasteiger partial charge < -0.3 is 19.6 Å². The number of carboxylic acid groups (broad SMARTS) is 1. The van der Waals surface area contributed by atoms with Crippen LogP contribution in [0.25, 0.3) is 0 Å². The third-order valence-corrected chi connectivity index (χ3v) is 6.11. The van der Waals surface area contributed by atoms with Crippen LogP contribution in [0.3, 0.4) is 0 Å². The summed E-state index contributed by atoms with van der Waals surface area (Å²) >= 11 is 0. The Morgan fingerprint density at radius 3 is 2.44 bits per heavy atom. The largest absolute Gasteiger partial charge is 0.480 e. The number of nitrogens with zero attached hydrogens (tertiary/aromatic N) is 4. The van der Waals surface area contributed by atoms with Crippen molar-refractivity contribution in [2.45, 2.75) is 31.8 Å². The zero-order chi connectivity index (χ0) is 19.2. The molecule has 0 saturated carbocycles. The highest BCUT2D eigenvalue weighted by molar-refractivity contribution is 5.70. The van der Waals surface area contributed by atoms with Crippen molar-refractivity contribution in [2.24, 2.45) is 5.92 Å². The molecule has 3 fully saturated rings. The number of piperazine rings is 1. The van der Waals surface area contributed by atoms with Crippen LogP contribution < -0.4 is 0 Å². The average Bonchev–Trinajstić information content (AvgIpc) is 2.97. The molecule has 27 heavy (non-hydrogen) atoms. The van der Waals surface area contributed by atoms with Crippen LogP contribution in [-0.2, 0) is 9.53 Å². The fourth-order valence-electron chi connectivity index (χ4n) is 4.38. The molecule has 0 aromatic rings. The zero-order valence-electron chi connectivity index (χ0n) is 16.5. The monoisotopic (exact) mass is 382 g/mol. The van der Waals surface area contributed by atoms with Gasteiger partial charge in [-0.05, 0) is 51.7 Å². The van der Waals surface area contributed by atoms with Gasteiger partial charge in [0.1, 0.15) is 6.10 Å². The number of likely N-dealkylation sites (tertiary alicyclic amines) is 1. The third kappa shape index (κ3) is 6.33. The predicted molar refractivity (Wildman–Crippen MR) is 102 cm³/mol. The van der Waals surface area contributed by atoms with Gasteiger partial charge >= 0.3 is 12.1 Å². The standard InChI is InChI=1S/C19H34N4O4/c1-20-7-4-16(5-8-20)3-2-6-23-14-17(27-19(23)26)13-21-9-11-22(12-10-21)15-18(24)25/h16-17H,2-15H2,1H3,(H,24,25). The van der Waals surface area contributed by atoms with Crippen LogP contribution >= 0.6 is 0 Å². The number of piperidine rings is 1. The smallest absolute Gasteiger partial charge is 0.410 e. The van der Waals surface area contributed by atoms with E-state index in [-0.39, 0.29) is 18.7 Å². The van der Waals surface area contributed by atoms with Crippen LogP contribution in [0.5, 0.6) is 0 Å². The number of carbonyl (C=O) groups excluding carboxylic acids is 1. The van der Waals surface area contributed by atoms with Crippen molar-refractivity contribution in [3.05, 3.63) is 0 Å². The van der Waals surface area contributed by atoms with Crippen molar-refractivity contribution in [2.75, 3.05) is 72.5 Å². The molecule has 1 amide bonds. The van der Waals surface area contributed by atoms with Crippen molar-refractivity contribution in [1.29, 1.82) is 0 Å². The van der Waals surface area contributed by atoms with Crippen LogP contribution in [0.2, 0.25) is 0 Å². The Labute approximate surface area is 162 Å². The van der Waals surface area contributed by atoms with E-state index in [2.05, 4.69) is 16.8 Å². The van der Waals surface area contributed by atoms with E-state index in [1.807, 2.05) is 9.80 Å². The van der Waals surface area contributed by atoms with E-state index in [1.54, 1.807) is 0 Å². The number of cyclic esters (lactones) is 1. The Hall–Kier alpha value is -1.38. The second-order valence-corrected chi connectivity index (χ2v) is 8.31. The summed E-state index contributed by atoms with van der Waals surface area (Å²) in [7, 11) is 2.18. The minimum absolute atomic E-state index is 0.0631. The second kappa shape index (κ2) is 9.71. The number of amides is 1. The molecular formula is C19H34N4O4. The van der Waals surface area contributed by atoms with Crippen LogP contribution in [0, 0.1) is 5.92 Å². The molecule has 1 unspecified atom stereocenters. The first-order chi connectivity index (χ1) is 13.0. The van der Waals surface area contributed by atoms with Crippen molar-refractivity contribution in [3.8, 4) is 0 Å².